The number of hydrogen-bond donors (Lipinski definition) is 2. The first-order chi connectivity index (χ1) is 7.62. The van der Waals surface area contributed by atoms with E-state index in [1.54, 1.807) is 18.5 Å². The summed E-state index contributed by atoms with van der Waals surface area (Å²) in [5, 5.41) is 10.7. The first kappa shape index (κ1) is 11.4. The van der Waals surface area contributed by atoms with Gasteiger partial charge in [-0.15, -0.1) is 0 Å². The number of hydrogen-bond acceptors (Lipinski definition) is 3. The number of nitrogen functional groups attached to an aromatic ring is 1. The van der Waals surface area contributed by atoms with Gasteiger partial charge < -0.3 is 10.8 Å². The van der Waals surface area contributed by atoms with Gasteiger partial charge in [0.15, 0.2) is 0 Å². The minimum absolute atomic E-state index is 0.659. The van der Waals surface area contributed by atoms with E-state index in [1.165, 1.54) is 6.42 Å². The van der Waals surface area contributed by atoms with Crippen molar-refractivity contribution in [3.63, 3.8) is 0 Å². The second-order valence-electron chi connectivity index (χ2n) is 5.03. The minimum atomic E-state index is -0.761. The summed E-state index contributed by atoms with van der Waals surface area (Å²) in [5.41, 5.74) is 6.63. The second-order valence-corrected chi connectivity index (χ2v) is 5.03. The van der Waals surface area contributed by atoms with Crippen LogP contribution in [0, 0.1) is 5.92 Å². The minimum Gasteiger partial charge on any atom is -0.398 e. The molecular formula is C13H20N2O. The van der Waals surface area contributed by atoms with E-state index in [2.05, 4.69) is 11.9 Å². The maximum Gasteiger partial charge on any atom is 0.0931 e. The molecule has 1 aliphatic carbocycles. The van der Waals surface area contributed by atoms with Crippen LogP contribution in [0.5, 0.6) is 0 Å². The molecule has 1 aliphatic rings. The van der Waals surface area contributed by atoms with E-state index < -0.39 is 5.60 Å². The van der Waals surface area contributed by atoms with Crippen molar-refractivity contribution in [1.82, 2.24) is 4.98 Å². The predicted molar refractivity (Wildman–Crippen MR) is 64.8 cm³/mol. The molecule has 1 aromatic rings. The van der Waals surface area contributed by atoms with Gasteiger partial charge in [0.05, 0.1) is 5.60 Å². The number of nitrogens with zero attached hydrogens (tertiary/aromatic N) is 1. The Hall–Kier alpha value is -1.09. The van der Waals surface area contributed by atoms with Crippen LogP contribution in [-0.2, 0) is 5.60 Å². The largest absolute Gasteiger partial charge is 0.398 e. The van der Waals surface area contributed by atoms with E-state index in [0.29, 0.717) is 11.6 Å². The Morgan fingerprint density at radius 3 is 3.00 bits per heavy atom. The second kappa shape index (κ2) is 4.42. The van der Waals surface area contributed by atoms with Crippen molar-refractivity contribution < 1.29 is 5.11 Å². The Labute approximate surface area is 96.7 Å². The third-order valence-electron chi connectivity index (χ3n) is 3.69. The average molecular weight is 220 g/mol. The van der Waals surface area contributed by atoms with E-state index >= 15 is 0 Å². The monoisotopic (exact) mass is 220 g/mol. The molecule has 3 N–H and O–H groups in total. The molecule has 2 rings (SSSR count). The Bertz CT molecular complexity index is 367. The molecule has 1 heterocycles. The predicted octanol–water partition coefficient (Wildman–Crippen LogP) is 2.45. The van der Waals surface area contributed by atoms with Crippen LogP contribution in [0.2, 0.25) is 0 Å². The number of aliphatic hydroxyl groups is 1. The molecule has 3 heteroatoms. The first-order valence-corrected chi connectivity index (χ1v) is 6.04. The molecule has 0 spiro atoms. The van der Waals surface area contributed by atoms with Crippen molar-refractivity contribution in [2.24, 2.45) is 5.92 Å². The Morgan fingerprint density at radius 2 is 2.25 bits per heavy atom. The summed E-state index contributed by atoms with van der Waals surface area (Å²) in [6.07, 6.45) is 8.30. The fourth-order valence-corrected chi connectivity index (χ4v) is 2.56. The third-order valence-corrected chi connectivity index (χ3v) is 3.69. The summed E-state index contributed by atoms with van der Waals surface area (Å²) >= 11 is 0. The molecule has 1 fully saturated rings. The summed E-state index contributed by atoms with van der Waals surface area (Å²) in [6, 6.07) is 1.77. The lowest BCUT2D eigenvalue weighted by molar-refractivity contribution is 0.0202. The molecule has 0 bridgehead atoms. The van der Waals surface area contributed by atoms with Crippen LogP contribution < -0.4 is 5.73 Å². The smallest absolute Gasteiger partial charge is 0.0931 e. The van der Waals surface area contributed by atoms with Crippen molar-refractivity contribution in [3.05, 3.63) is 24.0 Å². The lowest BCUT2D eigenvalue weighted by Crippen LogP contribution is -2.26. The Kier molecular flexibility index (Phi) is 3.15. The number of pyridine rings is 1. The van der Waals surface area contributed by atoms with E-state index in [-0.39, 0.29) is 0 Å². The first-order valence-electron chi connectivity index (χ1n) is 6.04. The van der Waals surface area contributed by atoms with Crippen molar-refractivity contribution in [2.45, 2.75) is 44.6 Å². The van der Waals surface area contributed by atoms with Crippen LogP contribution in [0.4, 0.5) is 5.69 Å². The van der Waals surface area contributed by atoms with Crippen LogP contribution in [0.1, 0.15) is 44.6 Å². The molecule has 3 nitrogen and oxygen atoms in total. The highest BCUT2D eigenvalue weighted by atomic mass is 16.3. The molecule has 0 aliphatic heterocycles. The average Bonchev–Trinajstić information content (AvgIpc) is 2.43. The molecule has 0 amide bonds. The van der Waals surface area contributed by atoms with E-state index in [0.717, 1.165) is 31.2 Å². The quantitative estimate of drug-likeness (QED) is 0.715. The normalized spacial score (nSPS) is 31.0. The van der Waals surface area contributed by atoms with Gasteiger partial charge in [-0.3, -0.25) is 4.98 Å². The topological polar surface area (TPSA) is 59.1 Å². The van der Waals surface area contributed by atoms with Gasteiger partial charge in [0.25, 0.3) is 0 Å². The van der Waals surface area contributed by atoms with Gasteiger partial charge in [-0.25, -0.2) is 0 Å². The van der Waals surface area contributed by atoms with Gasteiger partial charge in [-0.2, -0.15) is 0 Å². The zero-order chi connectivity index (χ0) is 11.6. The summed E-state index contributed by atoms with van der Waals surface area (Å²) in [5.74, 6) is 0.701. The number of anilines is 1. The molecular weight excluding hydrogens is 200 g/mol. The summed E-state index contributed by atoms with van der Waals surface area (Å²) in [7, 11) is 0. The maximum atomic E-state index is 10.7. The van der Waals surface area contributed by atoms with Gasteiger partial charge in [0.1, 0.15) is 0 Å². The zero-order valence-electron chi connectivity index (χ0n) is 9.82. The van der Waals surface area contributed by atoms with Crippen LogP contribution >= 0.6 is 0 Å². The van der Waals surface area contributed by atoms with Gasteiger partial charge in [0, 0.05) is 23.6 Å². The highest BCUT2D eigenvalue weighted by Gasteiger charge is 2.33. The van der Waals surface area contributed by atoms with Crippen LogP contribution in [0.15, 0.2) is 18.5 Å². The zero-order valence-corrected chi connectivity index (χ0v) is 9.82. The molecule has 1 saturated carbocycles. The van der Waals surface area contributed by atoms with E-state index in [1.807, 2.05) is 0 Å². The molecule has 2 unspecified atom stereocenters. The SMILES string of the molecule is CC1CCCC(O)(c2cnccc2N)CC1. The number of aromatic nitrogens is 1. The van der Waals surface area contributed by atoms with Gasteiger partial charge in [-0.1, -0.05) is 13.3 Å². The van der Waals surface area contributed by atoms with E-state index in [9.17, 15) is 5.11 Å². The lowest BCUT2D eigenvalue weighted by atomic mass is 9.86. The lowest BCUT2D eigenvalue weighted by Gasteiger charge is -2.28. The molecule has 0 saturated heterocycles. The van der Waals surface area contributed by atoms with Gasteiger partial charge in [-0.05, 0) is 37.7 Å². The number of nitrogens with two attached hydrogens (primary N) is 1. The van der Waals surface area contributed by atoms with Crippen molar-refractivity contribution in [3.8, 4) is 0 Å². The third kappa shape index (κ3) is 2.19. The van der Waals surface area contributed by atoms with Crippen molar-refractivity contribution in [2.75, 3.05) is 5.73 Å². The molecule has 1 aromatic heterocycles. The Morgan fingerprint density at radius 1 is 1.44 bits per heavy atom. The summed E-state index contributed by atoms with van der Waals surface area (Å²) in [6.45, 7) is 2.25. The van der Waals surface area contributed by atoms with Crippen LogP contribution in [0.3, 0.4) is 0 Å². The van der Waals surface area contributed by atoms with Crippen molar-refractivity contribution >= 4 is 5.69 Å². The fraction of sp³-hybridized carbons (Fsp3) is 0.615. The molecule has 2 atom stereocenters. The number of rotatable bonds is 1. The van der Waals surface area contributed by atoms with Crippen LogP contribution in [-0.4, -0.2) is 10.1 Å². The van der Waals surface area contributed by atoms with Gasteiger partial charge in [0.2, 0.25) is 0 Å². The van der Waals surface area contributed by atoms with E-state index in [4.69, 9.17) is 5.73 Å². The highest BCUT2D eigenvalue weighted by Crippen LogP contribution is 2.39. The molecule has 0 aromatic carbocycles. The molecule has 88 valence electrons. The van der Waals surface area contributed by atoms with Gasteiger partial charge >= 0.3 is 0 Å². The Balaban J connectivity index is 2.27. The summed E-state index contributed by atoms with van der Waals surface area (Å²) < 4.78 is 0. The summed E-state index contributed by atoms with van der Waals surface area (Å²) in [4.78, 5) is 4.08. The van der Waals surface area contributed by atoms with Crippen molar-refractivity contribution in [1.29, 1.82) is 0 Å². The highest BCUT2D eigenvalue weighted by molar-refractivity contribution is 5.47. The van der Waals surface area contributed by atoms with Crippen LogP contribution in [0.25, 0.3) is 0 Å². The standard InChI is InChI=1S/C13H20N2O/c1-10-3-2-6-13(16,7-4-10)11-9-15-8-5-12(11)14/h5,8-10,16H,2-4,6-7H2,1H3,(H2,14,15). The fourth-order valence-electron chi connectivity index (χ4n) is 2.56. The molecule has 0 radical (unpaired) electrons. The maximum absolute atomic E-state index is 10.7. The molecule has 16 heavy (non-hydrogen) atoms.